The van der Waals surface area contributed by atoms with Gasteiger partial charge in [-0.15, -0.1) is 0 Å². The Hall–Kier alpha value is -3.52. The normalized spacial score (nSPS) is 11.0. The number of nitrogens with zero attached hydrogens (tertiary/aromatic N) is 2. The second kappa shape index (κ2) is 9.32. The summed E-state index contributed by atoms with van der Waals surface area (Å²) in [4.78, 5) is 30.0. The lowest BCUT2D eigenvalue weighted by Gasteiger charge is -2.14. The molecular formula is C24H19F2N3O2S. The van der Waals surface area contributed by atoms with Crippen molar-refractivity contribution in [3.63, 3.8) is 0 Å². The van der Waals surface area contributed by atoms with Gasteiger partial charge in [0.1, 0.15) is 11.6 Å². The number of hydrogen-bond donors (Lipinski definition) is 1. The van der Waals surface area contributed by atoms with Gasteiger partial charge < -0.3 is 5.32 Å². The van der Waals surface area contributed by atoms with Crippen LogP contribution in [0.25, 0.3) is 16.6 Å². The number of amides is 1. The number of nitrogens with one attached hydrogen (secondary N) is 1. The van der Waals surface area contributed by atoms with Crippen molar-refractivity contribution in [3.8, 4) is 5.69 Å². The third kappa shape index (κ3) is 4.70. The SMILES string of the molecule is Cc1ccc(CNC(=O)CSc2nc3ccccc3c(=O)n2-c2ccc(F)cc2F)cc1. The van der Waals surface area contributed by atoms with Gasteiger partial charge in [-0.3, -0.25) is 14.2 Å². The molecule has 0 bridgehead atoms. The summed E-state index contributed by atoms with van der Waals surface area (Å²) in [6, 6.07) is 17.4. The largest absolute Gasteiger partial charge is 0.351 e. The Labute approximate surface area is 187 Å². The highest BCUT2D eigenvalue weighted by molar-refractivity contribution is 7.99. The van der Waals surface area contributed by atoms with E-state index in [1.54, 1.807) is 24.3 Å². The third-order valence-corrected chi connectivity index (χ3v) is 5.78. The van der Waals surface area contributed by atoms with Crippen molar-refractivity contribution in [1.82, 2.24) is 14.9 Å². The van der Waals surface area contributed by atoms with Gasteiger partial charge in [-0.25, -0.2) is 13.8 Å². The molecule has 162 valence electrons. The zero-order chi connectivity index (χ0) is 22.7. The maximum absolute atomic E-state index is 14.5. The number of hydrogen-bond acceptors (Lipinski definition) is 4. The molecule has 0 atom stereocenters. The zero-order valence-electron chi connectivity index (χ0n) is 17.1. The fraction of sp³-hybridized carbons (Fsp3) is 0.125. The molecule has 8 heteroatoms. The second-order valence-corrected chi connectivity index (χ2v) is 8.14. The predicted octanol–water partition coefficient (Wildman–Crippen LogP) is 4.38. The van der Waals surface area contributed by atoms with Gasteiger partial charge in [0.25, 0.3) is 5.56 Å². The van der Waals surface area contributed by atoms with Crippen LogP contribution in [0, 0.1) is 18.6 Å². The highest BCUT2D eigenvalue weighted by Crippen LogP contribution is 2.23. The summed E-state index contributed by atoms with van der Waals surface area (Å²) in [6.07, 6.45) is 0. The van der Waals surface area contributed by atoms with Crippen molar-refractivity contribution >= 4 is 28.6 Å². The van der Waals surface area contributed by atoms with Gasteiger partial charge in [0.2, 0.25) is 5.91 Å². The van der Waals surface area contributed by atoms with Crippen LogP contribution in [-0.4, -0.2) is 21.2 Å². The molecule has 0 aliphatic heterocycles. The molecule has 4 aromatic rings. The van der Waals surface area contributed by atoms with E-state index in [-0.39, 0.29) is 22.5 Å². The number of aromatic nitrogens is 2. The van der Waals surface area contributed by atoms with Crippen LogP contribution in [0.4, 0.5) is 8.78 Å². The fourth-order valence-electron chi connectivity index (χ4n) is 3.17. The number of fused-ring (bicyclic) bond motifs is 1. The molecule has 0 aliphatic carbocycles. The van der Waals surface area contributed by atoms with E-state index in [0.29, 0.717) is 23.5 Å². The van der Waals surface area contributed by atoms with Crippen molar-refractivity contribution in [2.45, 2.75) is 18.6 Å². The van der Waals surface area contributed by atoms with Crippen molar-refractivity contribution in [2.24, 2.45) is 0 Å². The Morgan fingerprint density at radius 3 is 2.56 bits per heavy atom. The lowest BCUT2D eigenvalue weighted by molar-refractivity contribution is -0.118. The van der Waals surface area contributed by atoms with E-state index in [0.717, 1.165) is 33.5 Å². The minimum atomic E-state index is -0.894. The van der Waals surface area contributed by atoms with Gasteiger partial charge in [-0.2, -0.15) is 0 Å². The summed E-state index contributed by atoms with van der Waals surface area (Å²) in [5.74, 6) is -1.93. The minimum Gasteiger partial charge on any atom is -0.351 e. The Bertz CT molecular complexity index is 1350. The van der Waals surface area contributed by atoms with Crippen LogP contribution in [0.1, 0.15) is 11.1 Å². The highest BCUT2D eigenvalue weighted by Gasteiger charge is 2.17. The van der Waals surface area contributed by atoms with Crippen molar-refractivity contribution in [2.75, 3.05) is 5.75 Å². The first-order valence-corrected chi connectivity index (χ1v) is 10.8. The van der Waals surface area contributed by atoms with Crippen LogP contribution >= 0.6 is 11.8 Å². The van der Waals surface area contributed by atoms with Crippen LogP contribution in [0.2, 0.25) is 0 Å². The Kier molecular flexibility index (Phi) is 6.32. The molecule has 1 N–H and O–H groups in total. The smallest absolute Gasteiger partial charge is 0.266 e. The summed E-state index contributed by atoms with van der Waals surface area (Å²) < 4.78 is 29.0. The molecule has 0 saturated carbocycles. The third-order valence-electron chi connectivity index (χ3n) is 4.84. The van der Waals surface area contributed by atoms with E-state index < -0.39 is 17.2 Å². The number of rotatable bonds is 6. The van der Waals surface area contributed by atoms with E-state index in [1.165, 1.54) is 6.07 Å². The molecule has 5 nitrogen and oxygen atoms in total. The monoisotopic (exact) mass is 451 g/mol. The van der Waals surface area contributed by atoms with E-state index in [9.17, 15) is 18.4 Å². The summed E-state index contributed by atoms with van der Waals surface area (Å²) in [5, 5.41) is 3.26. The van der Waals surface area contributed by atoms with Gasteiger partial charge >= 0.3 is 0 Å². The first kappa shape index (κ1) is 21.7. The molecule has 0 spiro atoms. The van der Waals surface area contributed by atoms with Crippen molar-refractivity contribution in [3.05, 3.63) is 99.8 Å². The summed E-state index contributed by atoms with van der Waals surface area (Å²) >= 11 is 1.01. The number of carbonyl (C=O) groups excluding carboxylic acids is 1. The van der Waals surface area contributed by atoms with Crippen LogP contribution < -0.4 is 10.9 Å². The van der Waals surface area contributed by atoms with Gasteiger partial charge in [0.15, 0.2) is 5.16 Å². The summed E-state index contributed by atoms with van der Waals surface area (Å²) in [6.45, 7) is 2.35. The van der Waals surface area contributed by atoms with Crippen LogP contribution in [0.5, 0.6) is 0 Å². The average molecular weight is 451 g/mol. The molecule has 1 aromatic heterocycles. The topological polar surface area (TPSA) is 64.0 Å². The van der Waals surface area contributed by atoms with Gasteiger partial charge in [-0.05, 0) is 36.8 Å². The van der Waals surface area contributed by atoms with E-state index in [1.807, 2.05) is 31.2 Å². The van der Waals surface area contributed by atoms with E-state index in [4.69, 9.17) is 0 Å². The number of halogens is 2. The van der Waals surface area contributed by atoms with Crippen LogP contribution in [-0.2, 0) is 11.3 Å². The van der Waals surface area contributed by atoms with Crippen LogP contribution in [0.15, 0.2) is 76.7 Å². The molecule has 0 radical (unpaired) electrons. The Morgan fingerprint density at radius 2 is 1.81 bits per heavy atom. The summed E-state index contributed by atoms with van der Waals surface area (Å²) in [5.41, 5.74) is 1.90. The Morgan fingerprint density at radius 1 is 1.06 bits per heavy atom. The van der Waals surface area contributed by atoms with Gasteiger partial charge in [0.05, 0.1) is 22.3 Å². The predicted molar refractivity (Wildman–Crippen MR) is 121 cm³/mol. The first-order valence-electron chi connectivity index (χ1n) is 9.84. The van der Waals surface area contributed by atoms with E-state index >= 15 is 0 Å². The quantitative estimate of drug-likeness (QED) is 0.349. The molecule has 0 aliphatic rings. The van der Waals surface area contributed by atoms with Crippen molar-refractivity contribution in [1.29, 1.82) is 0 Å². The van der Waals surface area contributed by atoms with Gasteiger partial charge in [0, 0.05) is 12.6 Å². The van der Waals surface area contributed by atoms with Gasteiger partial charge in [-0.1, -0.05) is 53.7 Å². The molecule has 0 fully saturated rings. The standard InChI is InChI=1S/C24H19F2N3O2S/c1-15-6-8-16(9-7-15)13-27-22(30)14-32-24-28-20-5-3-2-4-18(20)23(31)29(24)21-11-10-17(25)12-19(21)26/h2-12H,13-14H2,1H3,(H,27,30). The highest BCUT2D eigenvalue weighted by atomic mass is 32.2. The molecule has 1 heterocycles. The Balaban J connectivity index is 1.61. The summed E-state index contributed by atoms with van der Waals surface area (Å²) in [7, 11) is 0. The lowest BCUT2D eigenvalue weighted by Crippen LogP contribution is -2.26. The first-order chi connectivity index (χ1) is 15.4. The van der Waals surface area contributed by atoms with Crippen LogP contribution in [0.3, 0.4) is 0 Å². The zero-order valence-corrected chi connectivity index (χ0v) is 18.0. The molecule has 0 saturated heterocycles. The number of benzene rings is 3. The maximum atomic E-state index is 14.5. The fourth-order valence-corrected chi connectivity index (χ4v) is 4.01. The molecular weight excluding hydrogens is 432 g/mol. The number of para-hydroxylation sites is 1. The molecule has 4 rings (SSSR count). The number of aryl methyl sites for hydroxylation is 1. The molecule has 3 aromatic carbocycles. The second-order valence-electron chi connectivity index (χ2n) is 7.20. The molecule has 0 unspecified atom stereocenters. The minimum absolute atomic E-state index is 0.0283. The molecule has 1 amide bonds. The van der Waals surface area contributed by atoms with E-state index in [2.05, 4.69) is 10.3 Å². The average Bonchev–Trinajstić information content (AvgIpc) is 2.78. The maximum Gasteiger partial charge on any atom is 0.266 e. The number of carbonyl (C=O) groups is 1. The van der Waals surface area contributed by atoms with Crippen molar-refractivity contribution < 1.29 is 13.6 Å². The number of thioether (sulfide) groups is 1. The molecule has 32 heavy (non-hydrogen) atoms. The lowest BCUT2D eigenvalue weighted by atomic mass is 10.1.